The van der Waals surface area contributed by atoms with Crippen LogP contribution in [-0.4, -0.2) is 36.4 Å². The van der Waals surface area contributed by atoms with Gasteiger partial charge in [0.15, 0.2) is 0 Å². The van der Waals surface area contributed by atoms with Crippen LogP contribution in [-0.2, 0) is 12.8 Å². The van der Waals surface area contributed by atoms with Crippen molar-refractivity contribution in [2.45, 2.75) is 83.6 Å². The molecular weight excluding hydrogens is 502 g/mol. The molecule has 0 spiro atoms. The fourth-order valence-electron chi connectivity index (χ4n) is 5.35. The molecule has 0 heterocycles. The van der Waals surface area contributed by atoms with Crippen LogP contribution >= 0.6 is 0 Å². The maximum Gasteiger partial charge on any atom is 0.392 e. The van der Waals surface area contributed by atoms with Crippen LogP contribution in [0.25, 0.3) is 0 Å². The quantitative estimate of drug-likeness (QED) is 0.298. The molecule has 0 saturated heterocycles. The van der Waals surface area contributed by atoms with Crippen LogP contribution in [0.1, 0.15) is 69.1 Å². The molecule has 0 bridgehead atoms. The zero-order chi connectivity index (χ0) is 28.3. The number of hydrogen-bond acceptors (Lipinski definition) is 2. The van der Waals surface area contributed by atoms with Crippen molar-refractivity contribution >= 4 is 0 Å². The first-order valence-electron chi connectivity index (χ1n) is 13.2. The molecule has 1 saturated carbocycles. The SMILES string of the molecule is CC#N.CCN(CCc1ccccc1)C(C)CCc1ccc(C2CCC(C(F)(F)F)C(C(F)(F)F)C2)cc1. The van der Waals surface area contributed by atoms with Gasteiger partial charge >= 0.3 is 12.4 Å². The van der Waals surface area contributed by atoms with Gasteiger partial charge in [0.2, 0.25) is 0 Å². The second-order valence-electron chi connectivity index (χ2n) is 10.0. The highest BCUT2D eigenvalue weighted by atomic mass is 19.4. The molecule has 0 aliphatic heterocycles. The van der Waals surface area contributed by atoms with Crippen molar-refractivity contribution in [2.75, 3.05) is 13.1 Å². The number of nitriles is 1. The number of nitrogens with zero attached hydrogens (tertiary/aromatic N) is 2. The molecule has 4 atom stereocenters. The molecule has 2 nitrogen and oxygen atoms in total. The van der Waals surface area contributed by atoms with E-state index in [2.05, 4.69) is 30.9 Å². The highest BCUT2D eigenvalue weighted by Crippen LogP contribution is 2.52. The van der Waals surface area contributed by atoms with Crippen molar-refractivity contribution in [1.82, 2.24) is 4.90 Å². The minimum atomic E-state index is -4.85. The second-order valence-corrected chi connectivity index (χ2v) is 10.0. The predicted molar refractivity (Wildman–Crippen MR) is 139 cm³/mol. The molecule has 1 fully saturated rings. The van der Waals surface area contributed by atoms with Gasteiger partial charge in [-0.3, -0.25) is 0 Å². The van der Waals surface area contributed by atoms with Crippen LogP contribution < -0.4 is 0 Å². The van der Waals surface area contributed by atoms with Gasteiger partial charge in [-0.05, 0) is 74.6 Å². The van der Waals surface area contributed by atoms with E-state index < -0.39 is 42.9 Å². The zero-order valence-electron chi connectivity index (χ0n) is 22.3. The highest BCUT2D eigenvalue weighted by molar-refractivity contribution is 5.26. The number of alkyl halides is 6. The monoisotopic (exact) mass is 540 g/mol. The fraction of sp³-hybridized carbons (Fsp3) is 0.567. The fourth-order valence-corrected chi connectivity index (χ4v) is 5.35. The third-order valence-electron chi connectivity index (χ3n) is 7.55. The van der Waals surface area contributed by atoms with Gasteiger partial charge in [-0.1, -0.05) is 61.5 Å². The van der Waals surface area contributed by atoms with Crippen molar-refractivity contribution in [1.29, 1.82) is 5.26 Å². The Morgan fingerprint density at radius 1 is 0.868 bits per heavy atom. The summed E-state index contributed by atoms with van der Waals surface area (Å²) in [5.74, 6) is -5.14. The molecule has 1 aliphatic rings. The molecule has 210 valence electrons. The molecule has 0 amide bonds. The lowest BCUT2D eigenvalue weighted by molar-refractivity contribution is -0.263. The Kier molecular flexibility index (Phi) is 12.2. The van der Waals surface area contributed by atoms with E-state index in [0.29, 0.717) is 11.6 Å². The van der Waals surface area contributed by atoms with Gasteiger partial charge in [0, 0.05) is 19.5 Å². The normalized spacial score (nSPS) is 20.8. The Hall–Kier alpha value is -2.53. The summed E-state index contributed by atoms with van der Waals surface area (Å²) >= 11 is 0. The Labute approximate surface area is 222 Å². The smallest absolute Gasteiger partial charge is 0.301 e. The molecule has 8 heteroatoms. The average molecular weight is 541 g/mol. The van der Waals surface area contributed by atoms with Crippen LogP contribution in [0.3, 0.4) is 0 Å². The van der Waals surface area contributed by atoms with Gasteiger partial charge in [-0.2, -0.15) is 31.6 Å². The molecule has 2 aromatic rings. The summed E-state index contributed by atoms with van der Waals surface area (Å²) in [5, 5.41) is 7.32. The molecule has 38 heavy (non-hydrogen) atoms. The van der Waals surface area contributed by atoms with E-state index in [1.54, 1.807) is 18.2 Å². The third kappa shape index (κ3) is 9.65. The van der Waals surface area contributed by atoms with E-state index >= 15 is 0 Å². The number of benzene rings is 2. The van der Waals surface area contributed by atoms with Crippen LogP contribution in [0.5, 0.6) is 0 Å². The molecule has 0 N–H and O–H groups in total. The Morgan fingerprint density at radius 2 is 1.42 bits per heavy atom. The Bertz CT molecular complexity index is 979. The van der Waals surface area contributed by atoms with Crippen LogP contribution in [0, 0.1) is 23.2 Å². The average Bonchev–Trinajstić information content (AvgIpc) is 2.88. The van der Waals surface area contributed by atoms with Gasteiger partial charge in [-0.15, -0.1) is 0 Å². The van der Waals surface area contributed by atoms with E-state index in [-0.39, 0.29) is 6.42 Å². The summed E-state index contributed by atoms with van der Waals surface area (Å²) in [6.45, 7) is 7.72. The summed E-state index contributed by atoms with van der Waals surface area (Å²) < 4.78 is 79.7. The number of aryl methyl sites for hydroxylation is 1. The van der Waals surface area contributed by atoms with Gasteiger partial charge in [-0.25, -0.2) is 0 Å². The first-order chi connectivity index (χ1) is 17.9. The molecule has 3 rings (SSSR count). The standard InChI is InChI=1S/C28H35F6N.C2H3N/c1-3-35(18-17-21-7-5-4-6-8-21)20(2)9-10-22-11-13-23(14-12-22)24-15-16-25(27(29,30)31)26(19-24)28(32,33)34;1-2-3/h4-8,11-14,20,24-26H,3,9-10,15-19H2,1-2H3;1H3. The maximum atomic E-state index is 13.4. The maximum absolute atomic E-state index is 13.4. The lowest BCUT2D eigenvalue weighted by atomic mass is 9.71. The van der Waals surface area contributed by atoms with Crippen molar-refractivity contribution in [3.05, 3.63) is 71.3 Å². The summed E-state index contributed by atoms with van der Waals surface area (Å²) in [4.78, 5) is 2.44. The Balaban J connectivity index is 0.00000161. The largest absolute Gasteiger partial charge is 0.392 e. The minimum Gasteiger partial charge on any atom is -0.301 e. The summed E-state index contributed by atoms with van der Waals surface area (Å²) in [7, 11) is 0. The van der Waals surface area contributed by atoms with Crippen molar-refractivity contribution in [3.8, 4) is 6.07 Å². The Morgan fingerprint density at radius 3 is 1.95 bits per heavy atom. The minimum absolute atomic E-state index is 0.125. The molecule has 4 unspecified atom stereocenters. The van der Waals surface area contributed by atoms with Gasteiger partial charge < -0.3 is 4.90 Å². The van der Waals surface area contributed by atoms with E-state index in [1.165, 1.54) is 12.5 Å². The van der Waals surface area contributed by atoms with Gasteiger partial charge in [0.25, 0.3) is 0 Å². The van der Waals surface area contributed by atoms with Gasteiger partial charge in [0.1, 0.15) is 0 Å². The summed E-state index contributed by atoms with van der Waals surface area (Å²) in [6.07, 6.45) is -7.74. The van der Waals surface area contributed by atoms with Crippen molar-refractivity contribution < 1.29 is 26.3 Å². The first kappa shape index (κ1) is 31.7. The van der Waals surface area contributed by atoms with Crippen molar-refractivity contribution in [3.63, 3.8) is 0 Å². The molecule has 1 aliphatic carbocycles. The topological polar surface area (TPSA) is 27.0 Å². The highest BCUT2D eigenvalue weighted by Gasteiger charge is 2.56. The first-order valence-corrected chi connectivity index (χ1v) is 13.2. The number of rotatable bonds is 9. The number of halogens is 6. The van der Waals surface area contributed by atoms with Crippen LogP contribution in [0.2, 0.25) is 0 Å². The lowest BCUT2D eigenvalue weighted by Crippen LogP contribution is -2.42. The molecular formula is C30H38F6N2. The predicted octanol–water partition coefficient (Wildman–Crippen LogP) is 8.73. The molecule has 2 aromatic carbocycles. The molecule has 0 aromatic heterocycles. The van der Waals surface area contributed by atoms with E-state index in [4.69, 9.17) is 5.26 Å². The second kappa shape index (κ2) is 14.6. The van der Waals surface area contributed by atoms with E-state index in [1.807, 2.05) is 30.3 Å². The van der Waals surface area contributed by atoms with E-state index in [9.17, 15) is 26.3 Å². The zero-order valence-corrected chi connectivity index (χ0v) is 22.3. The van der Waals surface area contributed by atoms with Crippen molar-refractivity contribution in [2.24, 2.45) is 11.8 Å². The third-order valence-corrected chi connectivity index (χ3v) is 7.55. The summed E-state index contributed by atoms with van der Waals surface area (Å²) in [5.41, 5.74) is 3.11. The van der Waals surface area contributed by atoms with E-state index in [0.717, 1.165) is 37.9 Å². The summed E-state index contributed by atoms with van der Waals surface area (Å²) in [6, 6.07) is 19.9. The number of likely N-dealkylation sites (N-methyl/N-ethyl adjacent to an activating group) is 1. The lowest BCUT2D eigenvalue weighted by Gasteiger charge is -2.38. The van der Waals surface area contributed by atoms with Crippen LogP contribution in [0.15, 0.2) is 54.6 Å². The number of hydrogen-bond donors (Lipinski definition) is 0. The van der Waals surface area contributed by atoms with Gasteiger partial charge in [0.05, 0.1) is 17.9 Å². The molecule has 0 radical (unpaired) electrons. The van der Waals surface area contributed by atoms with Crippen LogP contribution in [0.4, 0.5) is 26.3 Å².